The van der Waals surface area contributed by atoms with Crippen LogP contribution in [0.4, 0.5) is 0 Å². The van der Waals surface area contributed by atoms with Crippen LogP contribution in [0.5, 0.6) is 0 Å². The van der Waals surface area contributed by atoms with Crippen molar-refractivity contribution in [2.45, 2.75) is 46.2 Å². The molecule has 1 aromatic rings. The first-order valence-electron chi connectivity index (χ1n) is 6.50. The van der Waals surface area contributed by atoms with Crippen LogP contribution in [0.25, 0.3) is 0 Å². The molecule has 2 unspecified atom stereocenters. The largest absolute Gasteiger partial charge is 0.323 e. The molecule has 1 aliphatic rings. The molecule has 2 N–H and O–H groups in total. The lowest BCUT2D eigenvalue weighted by Crippen LogP contribution is -2.33. The first-order chi connectivity index (χ1) is 8.06. The van der Waals surface area contributed by atoms with Gasteiger partial charge in [-0.1, -0.05) is 6.92 Å². The summed E-state index contributed by atoms with van der Waals surface area (Å²) in [6.45, 7) is 9.88. The Morgan fingerprint density at radius 3 is 2.94 bits per heavy atom. The summed E-state index contributed by atoms with van der Waals surface area (Å²) in [5, 5.41) is 1.23. The molecule has 0 saturated carbocycles. The van der Waals surface area contributed by atoms with Crippen LogP contribution in [0.1, 0.15) is 48.3 Å². The molecule has 17 heavy (non-hydrogen) atoms. The van der Waals surface area contributed by atoms with Gasteiger partial charge in [0.2, 0.25) is 0 Å². The summed E-state index contributed by atoms with van der Waals surface area (Å²) in [6.07, 6.45) is 2.70. The Morgan fingerprint density at radius 2 is 2.35 bits per heavy atom. The lowest BCUT2D eigenvalue weighted by atomic mass is 10.0. The highest BCUT2D eigenvalue weighted by molar-refractivity contribution is 7.11. The Labute approximate surface area is 108 Å². The summed E-state index contributed by atoms with van der Waals surface area (Å²) < 4.78 is 0. The van der Waals surface area contributed by atoms with Gasteiger partial charge in [-0.3, -0.25) is 4.90 Å². The van der Waals surface area contributed by atoms with Crippen molar-refractivity contribution in [1.82, 2.24) is 9.88 Å². The molecule has 96 valence electrons. The van der Waals surface area contributed by atoms with Crippen molar-refractivity contribution in [1.29, 1.82) is 0 Å². The molecule has 4 heteroatoms. The summed E-state index contributed by atoms with van der Waals surface area (Å²) in [4.78, 5) is 8.41. The molecule has 0 amide bonds. The van der Waals surface area contributed by atoms with E-state index in [4.69, 9.17) is 5.73 Å². The quantitative estimate of drug-likeness (QED) is 0.900. The second-order valence-electron chi connectivity index (χ2n) is 5.33. The highest BCUT2D eigenvalue weighted by Gasteiger charge is 2.18. The van der Waals surface area contributed by atoms with Crippen LogP contribution in [-0.4, -0.2) is 23.0 Å². The molecular weight excluding hydrogens is 230 g/mol. The van der Waals surface area contributed by atoms with Gasteiger partial charge in [0, 0.05) is 17.5 Å². The highest BCUT2D eigenvalue weighted by Crippen LogP contribution is 2.25. The molecule has 3 nitrogen and oxygen atoms in total. The maximum Gasteiger partial charge on any atom is 0.107 e. The Bertz CT molecular complexity index is 373. The lowest BCUT2D eigenvalue weighted by Gasteiger charge is -2.29. The molecule has 1 saturated heterocycles. The predicted molar refractivity (Wildman–Crippen MR) is 73.1 cm³/mol. The Morgan fingerprint density at radius 1 is 1.59 bits per heavy atom. The number of hydrogen-bond acceptors (Lipinski definition) is 4. The lowest BCUT2D eigenvalue weighted by molar-refractivity contribution is 0.176. The first kappa shape index (κ1) is 13.0. The number of hydrogen-bond donors (Lipinski definition) is 1. The molecule has 2 rings (SSSR count). The third kappa shape index (κ3) is 3.27. The van der Waals surface area contributed by atoms with Crippen LogP contribution in [0, 0.1) is 12.8 Å². The number of aromatic nitrogens is 1. The van der Waals surface area contributed by atoms with Gasteiger partial charge in [0.1, 0.15) is 5.01 Å². The molecule has 0 spiro atoms. The zero-order valence-electron chi connectivity index (χ0n) is 11.1. The van der Waals surface area contributed by atoms with Crippen molar-refractivity contribution in [3.05, 3.63) is 15.6 Å². The first-order valence-corrected chi connectivity index (χ1v) is 7.32. The fourth-order valence-electron chi connectivity index (χ4n) is 2.58. The average Bonchev–Trinajstić information content (AvgIpc) is 2.59. The van der Waals surface area contributed by atoms with E-state index in [-0.39, 0.29) is 6.04 Å². The number of rotatable bonds is 3. The SMILES string of the molecule is Cc1nc(CN2CCCC(C)C2)sc1C(C)N. The topological polar surface area (TPSA) is 42.2 Å². The fourth-order valence-corrected chi connectivity index (χ4v) is 3.64. The standard InChI is InChI=1S/C13H23N3S/c1-9-5-4-6-16(7-9)8-12-15-11(3)13(17-12)10(2)14/h9-10H,4-8,14H2,1-3H3. The summed E-state index contributed by atoms with van der Waals surface area (Å²) in [6, 6.07) is 0.113. The average molecular weight is 253 g/mol. The molecule has 1 aliphatic heterocycles. The van der Waals surface area contributed by atoms with Gasteiger partial charge in [0.15, 0.2) is 0 Å². The maximum absolute atomic E-state index is 5.94. The van der Waals surface area contributed by atoms with Crippen LogP contribution in [0.3, 0.4) is 0 Å². The van der Waals surface area contributed by atoms with E-state index in [1.54, 1.807) is 11.3 Å². The van der Waals surface area contributed by atoms with Crippen LogP contribution >= 0.6 is 11.3 Å². The van der Waals surface area contributed by atoms with Gasteiger partial charge in [-0.2, -0.15) is 0 Å². The third-order valence-electron chi connectivity index (χ3n) is 3.39. The van der Waals surface area contributed by atoms with Crippen molar-refractivity contribution < 1.29 is 0 Å². The molecule has 0 bridgehead atoms. The Balaban J connectivity index is 2.01. The molecule has 2 heterocycles. The van der Waals surface area contributed by atoms with E-state index in [9.17, 15) is 0 Å². The van der Waals surface area contributed by atoms with Crippen LogP contribution in [0.15, 0.2) is 0 Å². The van der Waals surface area contributed by atoms with E-state index in [0.29, 0.717) is 0 Å². The van der Waals surface area contributed by atoms with Gasteiger partial charge >= 0.3 is 0 Å². The van der Waals surface area contributed by atoms with E-state index in [1.165, 1.54) is 35.8 Å². The zero-order valence-corrected chi connectivity index (χ0v) is 11.9. The van der Waals surface area contributed by atoms with E-state index >= 15 is 0 Å². The van der Waals surface area contributed by atoms with Crippen LogP contribution in [0.2, 0.25) is 0 Å². The molecule has 1 fully saturated rings. The van der Waals surface area contributed by atoms with Gasteiger partial charge < -0.3 is 5.73 Å². The maximum atomic E-state index is 5.94. The molecule has 2 atom stereocenters. The molecule has 1 aromatic heterocycles. The van der Waals surface area contributed by atoms with Gasteiger partial charge in [-0.05, 0) is 39.2 Å². The summed E-state index contributed by atoms with van der Waals surface area (Å²) in [7, 11) is 0. The minimum Gasteiger partial charge on any atom is -0.323 e. The van der Waals surface area contributed by atoms with Gasteiger partial charge in [0.05, 0.1) is 12.2 Å². The van der Waals surface area contributed by atoms with Crippen LogP contribution < -0.4 is 5.73 Å². The van der Waals surface area contributed by atoms with E-state index in [1.807, 2.05) is 6.92 Å². The van der Waals surface area contributed by atoms with Gasteiger partial charge in [-0.15, -0.1) is 11.3 Å². The monoisotopic (exact) mass is 253 g/mol. The Kier molecular flexibility index (Phi) is 4.17. The van der Waals surface area contributed by atoms with E-state index in [0.717, 1.165) is 18.2 Å². The number of nitrogens with two attached hydrogens (primary N) is 1. The van der Waals surface area contributed by atoms with Crippen molar-refractivity contribution >= 4 is 11.3 Å². The molecule has 0 radical (unpaired) electrons. The second-order valence-corrected chi connectivity index (χ2v) is 6.44. The number of nitrogens with zero attached hydrogens (tertiary/aromatic N) is 2. The van der Waals surface area contributed by atoms with Crippen molar-refractivity contribution in [3.8, 4) is 0 Å². The van der Waals surface area contributed by atoms with Crippen LogP contribution in [-0.2, 0) is 6.54 Å². The smallest absolute Gasteiger partial charge is 0.107 e. The number of aryl methyl sites for hydroxylation is 1. The molecular formula is C13H23N3S. The highest BCUT2D eigenvalue weighted by atomic mass is 32.1. The normalized spacial score (nSPS) is 23.9. The molecule has 0 aliphatic carbocycles. The van der Waals surface area contributed by atoms with Crippen molar-refractivity contribution in [2.75, 3.05) is 13.1 Å². The number of likely N-dealkylation sites (tertiary alicyclic amines) is 1. The second kappa shape index (κ2) is 5.46. The minimum absolute atomic E-state index is 0.113. The Hall–Kier alpha value is -0.450. The summed E-state index contributed by atoms with van der Waals surface area (Å²) >= 11 is 1.78. The number of thiazole rings is 1. The van der Waals surface area contributed by atoms with E-state index < -0.39 is 0 Å². The van der Waals surface area contributed by atoms with Gasteiger partial charge in [-0.25, -0.2) is 4.98 Å². The third-order valence-corrected chi connectivity index (χ3v) is 4.73. The molecule has 0 aromatic carbocycles. The summed E-state index contributed by atoms with van der Waals surface area (Å²) in [5.41, 5.74) is 7.06. The van der Waals surface area contributed by atoms with Crippen molar-refractivity contribution in [2.24, 2.45) is 11.7 Å². The van der Waals surface area contributed by atoms with Gasteiger partial charge in [0.25, 0.3) is 0 Å². The number of piperidine rings is 1. The minimum atomic E-state index is 0.113. The zero-order chi connectivity index (χ0) is 12.4. The summed E-state index contributed by atoms with van der Waals surface area (Å²) in [5.74, 6) is 0.831. The fraction of sp³-hybridized carbons (Fsp3) is 0.769. The predicted octanol–water partition coefficient (Wildman–Crippen LogP) is 2.70. The van der Waals surface area contributed by atoms with Crippen molar-refractivity contribution in [3.63, 3.8) is 0 Å². The van der Waals surface area contributed by atoms with E-state index in [2.05, 4.69) is 23.7 Å².